The Morgan fingerprint density at radius 1 is 1.45 bits per heavy atom. The van der Waals surface area contributed by atoms with E-state index in [0.717, 1.165) is 30.0 Å². The lowest BCUT2D eigenvalue weighted by atomic mass is 9.94. The number of hydrogen-bond acceptors (Lipinski definition) is 4. The van der Waals surface area contributed by atoms with E-state index in [2.05, 4.69) is 18.0 Å². The first-order valence-electron chi connectivity index (χ1n) is 7.34. The molecule has 3 N–H and O–H groups in total. The first-order valence-corrected chi connectivity index (χ1v) is 8.50. The second-order valence-corrected chi connectivity index (χ2v) is 6.86. The minimum absolute atomic E-state index is 0.137. The third kappa shape index (κ3) is 2.51. The molecule has 1 atom stereocenters. The van der Waals surface area contributed by atoms with Gasteiger partial charge in [0, 0.05) is 24.5 Å². The Hall–Kier alpha value is -1.23. The van der Waals surface area contributed by atoms with Gasteiger partial charge in [-0.25, -0.2) is 4.98 Å². The van der Waals surface area contributed by atoms with Crippen LogP contribution in [0.2, 0.25) is 0 Å². The van der Waals surface area contributed by atoms with Crippen LogP contribution in [0, 0.1) is 5.41 Å². The van der Waals surface area contributed by atoms with E-state index in [9.17, 15) is 0 Å². The molecule has 2 heterocycles. The van der Waals surface area contributed by atoms with Crippen LogP contribution in [0.4, 0.5) is 5.82 Å². The zero-order valence-electron chi connectivity index (χ0n) is 12.0. The van der Waals surface area contributed by atoms with Gasteiger partial charge in [-0.3, -0.25) is 5.41 Å². The fraction of sp³-hybridized carbons (Fsp3) is 0.600. The van der Waals surface area contributed by atoms with Crippen molar-refractivity contribution in [2.24, 2.45) is 5.73 Å². The molecule has 2 aliphatic rings. The number of aromatic nitrogens is 1. The largest absolute Gasteiger partial charge is 0.384 e. The van der Waals surface area contributed by atoms with Crippen LogP contribution >= 0.6 is 11.8 Å². The van der Waals surface area contributed by atoms with Gasteiger partial charge >= 0.3 is 0 Å². The molecule has 1 aromatic heterocycles. The molecule has 0 saturated carbocycles. The number of nitrogen functional groups attached to an aromatic ring is 1. The van der Waals surface area contributed by atoms with Crippen molar-refractivity contribution in [3.8, 4) is 0 Å². The Bertz CT molecular complexity index is 523. The minimum Gasteiger partial charge on any atom is -0.384 e. The van der Waals surface area contributed by atoms with Crippen LogP contribution in [-0.2, 0) is 12.8 Å². The van der Waals surface area contributed by atoms with Crippen LogP contribution < -0.4 is 10.6 Å². The summed E-state index contributed by atoms with van der Waals surface area (Å²) in [6.45, 7) is 0. The predicted molar refractivity (Wildman–Crippen MR) is 86.0 cm³/mol. The summed E-state index contributed by atoms with van der Waals surface area (Å²) in [6.07, 6.45) is 5.78. The molecule has 20 heavy (non-hydrogen) atoms. The van der Waals surface area contributed by atoms with E-state index >= 15 is 0 Å². The lowest BCUT2D eigenvalue weighted by molar-refractivity contribution is 0.654. The third-order valence-electron chi connectivity index (χ3n) is 4.36. The molecule has 0 radical (unpaired) electrons. The van der Waals surface area contributed by atoms with E-state index in [1.54, 1.807) is 0 Å². The maximum Gasteiger partial charge on any atom is 0.139 e. The normalized spacial score (nSPS) is 21.6. The summed E-state index contributed by atoms with van der Waals surface area (Å²) in [5, 5.41) is 7.86. The first-order chi connectivity index (χ1) is 9.66. The Balaban J connectivity index is 2.00. The van der Waals surface area contributed by atoms with Crippen molar-refractivity contribution < 1.29 is 0 Å². The molecule has 1 aliphatic heterocycles. The number of nitrogens with zero attached hydrogens (tertiary/aromatic N) is 2. The molecule has 1 fully saturated rings. The summed E-state index contributed by atoms with van der Waals surface area (Å²) in [6, 6.07) is 2.63. The summed E-state index contributed by atoms with van der Waals surface area (Å²) >= 11 is 1.99. The number of rotatable bonds is 3. The van der Waals surface area contributed by atoms with Gasteiger partial charge in [0.1, 0.15) is 11.7 Å². The molecule has 1 aliphatic carbocycles. The quantitative estimate of drug-likeness (QED) is 0.661. The van der Waals surface area contributed by atoms with E-state index in [0.29, 0.717) is 6.04 Å². The summed E-state index contributed by atoms with van der Waals surface area (Å²) in [5.41, 5.74) is 9.11. The average Bonchev–Trinajstić information content (AvgIpc) is 2.99. The average molecular weight is 290 g/mol. The van der Waals surface area contributed by atoms with Crippen molar-refractivity contribution >= 4 is 23.4 Å². The molecule has 3 rings (SSSR count). The number of fused-ring (bicyclic) bond motifs is 1. The molecule has 1 aromatic rings. The van der Waals surface area contributed by atoms with Crippen LogP contribution in [0.5, 0.6) is 0 Å². The van der Waals surface area contributed by atoms with E-state index in [1.165, 1.54) is 36.3 Å². The number of nitrogens with one attached hydrogen (secondary N) is 1. The lowest BCUT2D eigenvalue weighted by Gasteiger charge is -2.28. The van der Waals surface area contributed by atoms with Gasteiger partial charge in [-0.05, 0) is 49.5 Å². The summed E-state index contributed by atoms with van der Waals surface area (Å²) in [7, 11) is 2.10. The predicted octanol–water partition coefficient (Wildman–Crippen LogP) is 2.19. The lowest BCUT2D eigenvalue weighted by Crippen LogP contribution is -2.34. The minimum atomic E-state index is 0.137. The van der Waals surface area contributed by atoms with Crippen molar-refractivity contribution in [3.05, 3.63) is 22.9 Å². The van der Waals surface area contributed by atoms with E-state index in [1.807, 2.05) is 11.8 Å². The molecular weight excluding hydrogens is 268 g/mol. The van der Waals surface area contributed by atoms with Gasteiger partial charge in [-0.15, -0.1) is 0 Å². The van der Waals surface area contributed by atoms with Gasteiger partial charge < -0.3 is 10.6 Å². The first kappa shape index (κ1) is 13.7. The zero-order chi connectivity index (χ0) is 14.1. The van der Waals surface area contributed by atoms with Gasteiger partial charge in [0.05, 0.1) is 5.56 Å². The van der Waals surface area contributed by atoms with Gasteiger partial charge in [0.2, 0.25) is 0 Å². The third-order valence-corrected chi connectivity index (χ3v) is 5.50. The number of nitrogens with two attached hydrogens (primary N) is 1. The number of pyridine rings is 1. The van der Waals surface area contributed by atoms with Gasteiger partial charge in [-0.1, -0.05) is 0 Å². The van der Waals surface area contributed by atoms with Crippen LogP contribution in [0.1, 0.15) is 36.1 Å². The zero-order valence-corrected chi connectivity index (χ0v) is 12.8. The van der Waals surface area contributed by atoms with Crippen molar-refractivity contribution in [2.75, 3.05) is 23.5 Å². The molecule has 0 bridgehead atoms. The number of aryl methyl sites for hydroxylation is 2. The molecular formula is C15H22N4S. The summed E-state index contributed by atoms with van der Waals surface area (Å²) in [4.78, 5) is 7.12. The van der Waals surface area contributed by atoms with Crippen LogP contribution in [0.25, 0.3) is 0 Å². The molecule has 108 valence electrons. The molecule has 0 amide bonds. The van der Waals surface area contributed by atoms with E-state index in [-0.39, 0.29) is 5.84 Å². The standard InChI is InChI=1S/C15H22N4S/c1-19(11-6-7-20-9-11)15-12(14(16)17)8-10-4-2-3-5-13(10)18-15/h8,11H,2-7,9H2,1H3,(H3,16,17). The fourth-order valence-corrected chi connectivity index (χ4v) is 4.36. The maximum absolute atomic E-state index is 7.86. The molecule has 1 saturated heterocycles. The van der Waals surface area contributed by atoms with Crippen molar-refractivity contribution in [1.82, 2.24) is 4.98 Å². The van der Waals surface area contributed by atoms with Gasteiger partial charge in [0.25, 0.3) is 0 Å². The van der Waals surface area contributed by atoms with Gasteiger partial charge in [-0.2, -0.15) is 11.8 Å². The Kier molecular flexibility index (Phi) is 3.87. The molecule has 1 unspecified atom stereocenters. The van der Waals surface area contributed by atoms with Crippen molar-refractivity contribution in [1.29, 1.82) is 5.41 Å². The van der Waals surface area contributed by atoms with E-state index < -0.39 is 0 Å². The Labute approximate surface area is 124 Å². The smallest absolute Gasteiger partial charge is 0.139 e. The van der Waals surface area contributed by atoms with Crippen LogP contribution in [-0.4, -0.2) is 35.4 Å². The second-order valence-electron chi connectivity index (χ2n) is 5.71. The van der Waals surface area contributed by atoms with Crippen molar-refractivity contribution in [3.63, 3.8) is 0 Å². The second kappa shape index (κ2) is 5.64. The summed E-state index contributed by atoms with van der Waals surface area (Å²) in [5.74, 6) is 3.41. The maximum atomic E-state index is 7.86. The molecule has 5 heteroatoms. The topological polar surface area (TPSA) is 66.0 Å². The Morgan fingerprint density at radius 2 is 2.25 bits per heavy atom. The number of hydrogen-bond donors (Lipinski definition) is 2. The highest BCUT2D eigenvalue weighted by Gasteiger charge is 2.25. The summed E-state index contributed by atoms with van der Waals surface area (Å²) < 4.78 is 0. The van der Waals surface area contributed by atoms with Crippen molar-refractivity contribution in [2.45, 2.75) is 38.1 Å². The van der Waals surface area contributed by atoms with Gasteiger partial charge in [0.15, 0.2) is 0 Å². The highest BCUT2D eigenvalue weighted by atomic mass is 32.2. The fourth-order valence-electron chi connectivity index (χ4n) is 3.09. The van der Waals surface area contributed by atoms with Crippen LogP contribution in [0.3, 0.4) is 0 Å². The number of thioether (sulfide) groups is 1. The highest BCUT2D eigenvalue weighted by Crippen LogP contribution is 2.30. The number of anilines is 1. The van der Waals surface area contributed by atoms with E-state index in [4.69, 9.17) is 16.1 Å². The molecule has 0 spiro atoms. The number of amidine groups is 1. The molecule has 0 aromatic carbocycles. The Morgan fingerprint density at radius 3 is 2.95 bits per heavy atom. The monoisotopic (exact) mass is 290 g/mol. The molecule has 4 nitrogen and oxygen atoms in total. The highest BCUT2D eigenvalue weighted by molar-refractivity contribution is 7.99. The van der Waals surface area contributed by atoms with Crippen LogP contribution in [0.15, 0.2) is 6.07 Å². The SMILES string of the molecule is CN(c1nc2c(cc1C(=N)N)CCCC2)C1CCSC1.